The molecule has 0 radical (unpaired) electrons. The maximum absolute atomic E-state index is 11.9. The van der Waals surface area contributed by atoms with Gasteiger partial charge in [-0.15, -0.1) is 0 Å². The van der Waals surface area contributed by atoms with Crippen LogP contribution in [-0.2, 0) is 9.59 Å². The van der Waals surface area contributed by atoms with Gasteiger partial charge in [-0.2, -0.15) is 0 Å². The van der Waals surface area contributed by atoms with Crippen molar-refractivity contribution >= 4 is 29.0 Å². The Balaban J connectivity index is 1.88. The van der Waals surface area contributed by atoms with Crippen molar-refractivity contribution in [3.8, 4) is 5.75 Å². The first-order valence-electron chi connectivity index (χ1n) is 7.35. The molecule has 0 bridgehead atoms. The monoisotopic (exact) mass is 326 g/mol. The van der Waals surface area contributed by atoms with Gasteiger partial charge >= 0.3 is 0 Å². The van der Waals surface area contributed by atoms with Crippen molar-refractivity contribution < 1.29 is 19.1 Å². The van der Waals surface area contributed by atoms with E-state index >= 15 is 0 Å². The predicted molar refractivity (Wildman–Crippen MR) is 91.3 cm³/mol. The molecule has 0 aromatic heterocycles. The standard InChI is InChI=1S/C18H18N2O4/c1-12(21)14-4-3-5-17(10-14)24-11-18(23)20-16-8-6-15(7-9-16)19-13(2)22/h3-10H,11H2,1-2H3,(H,19,22)(H,20,23). The second-order valence-electron chi connectivity index (χ2n) is 5.18. The molecular formula is C18H18N2O4. The second-order valence-corrected chi connectivity index (χ2v) is 5.18. The van der Waals surface area contributed by atoms with Crippen LogP contribution < -0.4 is 15.4 Å². The lowest BCUT2D eigenvalue weighted by molar-refractivity contribution is -0.118. The summed E-state index contributed by atoms with van der Waals surface area (Å²) in [5.74, 6) is -0.0912. The lowest BCUT2D eigenvalue weighted by Gasteiger charge is -2.09. The molecule has 0 aliphatic heterocycles. The molecule has 124 valence electrons. The quantitative estimate of drug-likeness (QED) is 0.799. The molecule has 0 spiro atoms. The summed E-state index contributed by atoms with van der Waals surface area (Å²) >= 11 is 0. The number of hydrogen-bond donors (Lipinski definition) is 2. The van der Waals surface area contributed by atoms with Crippen LogP contribution in [0.1, 0.15) is 24.2 Å². The summed E-state index contributed by atoms with van der Waals surface area (Å²) in [6.45, 7) is 2.72. The summed E-state index contributed by atoms with van der Waals surface area (Å²) in [7, 11) is 0. The van der Waals surface area contributed by atoms with E-state index in [2.05, 4.69) is 10.6 Å². The average molecular weight is 326 g/mol. The molecule has 6 heteroatoms. The van der Waals surface area contributed by atoms with Crippen molar-refractivity contribution in [2.45, 2.75) is 13.8 Å². The highest BCUT2D eigenvalue weighted by Crippen LogP contribution is 2.15. The number of amides is 2. The molecule has 0 atom stereocenters. The smallest absolute Gasteiger partial charge is 0.262 e. The summed E-state index contributed by atoms with van der Waals surface area (Å²) in [5, 5.41) is 5.33. The number of anilines is 2. The van der Waals surface area contributed by atoms with Crippen LogP contribution in [0.5, 0.6) is 5.75 Å². The first-order valence-corrected chi connectivity index (χ1v) is 7.35. The normalized spacial score (nSPS) is 9.92. The lowest BCUT2D eigenvalue weighted by atomic mass is 10.1. The zero-order chi connectivity index (χ0) is 17.5. The van der Waals surface area contributed by atoms with Crippen LogP contribution in [-0.4, -0.2) is 24.2 Å². The molecule has 0 aliphatic rings. The van der Waals surface area contributed by atoms with E-state index in [0.717, 1.165) is 0 Å². The number of carbonyl (C=O) groups excluding carboxylic acids is 3. The van der Waals surface area contributed by atoms with E-state index in [1.54, 1.807) is 48.5 Å². The summed E-state index contributed by atoms with van der Waals surface area (Å²) in [4.78, 5) is 34.1. The molecule has 0 saturated heterocycles. The number of nitrogens with one attached hydrogen (secondary N) is 2. The lowest BCUT2D eigenvalue weighted by Crippen LogP contribution is -2.20. The van der Waals surface area contributed by atoms with E-state index in [0.29, 0.717) is 22.7 Å². The minimum absolute atomic E-state index is 0.0656. The minimum Gasteiger partial charge on any atom is -0.484 e. The average Bonchev–Trinajstić information content (AvgIpc) is 2.54. The highest BCUT2D eigenvalue weighted by Gasteiger charge is 2.06. The number of ketones is 1. The first kappa shape index (κ1) is 17.2. The fourth-order valence-corrected chi connectivity index (χ4v) is 1.99. The van der Waals surface area contributed by atoms with Crippen LogP contribution in [0, 0.1) is 0 Å². The van der Waals surface area contributed by atoms with Gasteiger partial charge in [-0.1, -0.05) is 12.1 Å². The third-order valence-electron chi connectivity index (χ3n) is 3.10. The van der Waals surface area contributed by atoms with Crippen molar-refractivity contribution in [2.24, 2.45) is 0 Å². The largest absolute Gasteiger partial charge is 0.484 e. The Morgan fingerprint density at radius 2 is 1.54 bits per heavy atom. The highest BCUT2D eigenvalue weighted by atomic mass is 16.5. The van der Waals surface area contributed by atoms with E-state index in [1.165, 1.54) is 13.8 Å². The number of Topliss-reactive ketones (excluding diaryl/α,β-unsaturated/α-hetero) is 1. The molecule has 0 fully saturated rings. The van der Waals surface area contributed by atoms with Gasteiger partial charge in [0.1, 0.15) is 5.75 Å². The van der Waals surface area contributed by atoms with E-state index < -0.39 is 0 Å². The number of carbonyl (C=O) groups is 3. The maximum atomic E-state index is 11.9. The topological polar surface area (TPSA) is 84.5 Å². The Labute approximate surface area is 139 Å². The van der Waals surface area contributed by atoms with E-state index in [9.17, 15) is 14.4 Å². The van der Waals surface area contributed by atoms with Crippen molar-refractivity contribution in [1.82, 2.24) is 0 Å². The number of benzene rings is 2. The van der Waals surface area contributed by atoms with Gasteiger partial charge in [-0.25, -0.2) is 0 Å². The molecule has 0 saturated carbocycles. The van der Waals surface area contributed by atoms with Gasteiger partial charge in [-0.05, 0) is 43.3 Å². The van der Waals surface area contributed by atoms with E-state index in [4.69, 9.17) is 4.74 Å². The fraction of sp³-hybridized carbons (Fsp3) is 0.167. The Hall–Kier alpha value is -3.15. The van der Waals surface area contributed by atoms with Gasteiger partial charge in [-0.3, -0.25) is 14.4 Å². The SMILES string of the molecule is CC(=O)Nc1ccc(NC(=O)COc2cccc(C(C)=O)c2)cc1. The molecule has 2 amide bonds. The van der Waals surface area contributed by atoms with Crippen molar-refractivity contribution in [1.29, 1.82) is 0 Å². The fourth-order valence-electron chi connectivity index (χ4n) is 1.99. The summed E-state index contributed by atoms with van der Waals surface area (Å²) in [6, 6.07) is 13.4. The molecule has 2 rings (SSSR count). The van der Waals surface area contributed by atoms with Crippen LogP contribution in [0.4, 0.5) is 11.4 Å². The van der Waals surface area contributed by atoms with Crippen molar-refractivity contribution in [3.05, 3.63) is 54.1 Å². The van der Waals surface area contributed by atoms with Crippen molar-refractivity contribution in [3.63, 3.8) is 0 Å². The molecular weight excluding hydrogens is 308 g/mol. The molecule has 0 unspecified atom stereocenters. The minimum atomic E-state index is -0.324. The molecule has 2 N–H and O–H groups in total. The Morgan fingerprint density at radius 1 is 0.917 bits per heavy atom. The van der Waals surface area contributed by atoms with Gasteiger partial charge < -0.3 is 15.4 Å². The zero-order valence-electron chi connectivity index (χ0n) is 13.5. The Kier molecular flexibility index (Phi) is 5.68. The Morgan fingerprint density at radius 3 is 2.12 bits per heavy atom. The maximum Gasteiger partial charge on any atom is 0.262 e. The second kappa shape index (κ2) is 7.92. The highest BCUT2D eigenvalue weighted by molar-refractivity contribution is 5.95. The first-order chi connectivity index (χ1) is 11.4. The molecule has 2 aromatic carbocycles. The van der Waals surface area contributed by atoms with Crippen LogP contribution >= 0.6 is 0 Å². The van der Waals surface area contributed by atoms with Gasteiger partial charge in [0.15, 0.2) is 12.4 Å². The number of hydrogen-bond acceptors (Lipinski definition) is 4. The van der Waals surface area contributed by atoms with Crippen LogP contribution in [0.2, 0.25) is 0 Å². The van der Waals surface area contributed by atoms with Crippen molar-refractivity contribution in [2.75, 3.05) is 17.2 Å². The predicted octanol–water partition coefficient (Wildman–Crippen LogP) is 2.87. The number of rotatable bonds is 6. The summed E-state index contributed by atoms with van der Waals surface area (Å²) in [5.41, 5.74) is 1.77. The molecule has 2 aromatic rings. The van der Waals surface area contributed by atoms with Gasteiger partial charge in [0, 0.05) is 23.9 Å². The van der Waals surface area contributed by atoms with Crippen LogP contribution in [0.3, 0.4) is 0 Å². The van der Waals surface area contributed by atoms with Gasteiger partial charge in [0.05, 0.1) is 0 Å². The third-order valence-corrected chi connectivity index (χ3v) is 3.10. The van der Waals surface area contributed by atoms with Crippen LogP contribution in [0.15, 0.2) is 48.5 Å². The Bertz CT molecular complexity index is 754. The molecule has 0 aliphatic carbocycles. The third kappa shape index (κ3) is 5.24. The van der Waals surface area contributed by atoms with Crippen LogP contribution in [0.25, 0.3) is 0 Å². The van der Waals surface area contributed by atoms with Gasteiger partial charge in [0.2, 0.25) is 5.91 Å². The molecule has 0 heterocycles. The van der Waals surface area contributed by atoms with Gasteiger partial charge in [0.25, 0.3) is 5.91 Å². The van der Waals surface area contributed by atoms with E-state index in [-0.39, 0.29) is 24.2 Å². The molecule has 24 heavy (non-hydrogen) atoms. The summed E-state index contributed by atoms with van der Waals surface area (Å²) < 4.78 is 5.39. The number of ether oxygens (including phenoxy) is 1. The van der Waals surface area contributed by atoms with E-state index in [1.807, 2.05) is 0 Å². The summed E-state index contributed by atoms with van der Waals surface area (Å²) in [6.07, 6.45) is 0. The zero-order valence-corrected chi connectivity index (χ0v) is 13.5. The molecule has 6 nitrogen and oxygen atoms in total.